The van der Waals surface area contributed by atoms with E-state index in [0.717, 1.165) is 6.26 Å². The van der Waals surface area contributed by atoms with Crippen molar-refractivity contribution in [3.05, 3.63) is 0 Å². The van der Waals surface area contributed by atoms with Gasteiger partial charge in [-0.3, -0.25) is 4.18 Å². The maximum absolute atomic E-state index is 11.4. The largest absolute Gasteiger partial charge is 0.528 e. The maximum atomic E-state index is 11.4. The predicted molar refractivity (Wildman–Crippen MR) is 67.8 cm³/mol. The third-order valence-electron chi connectivity index (χ3n) is 2.30. The van der Waals surface area contributed by atoms with Crippen LogP contribution in [0.15, 0.2) is 0 Å². The van der Waals surface area contributed by atoms with Gasteiger partial charge in [-0.15, -0.1) is 5.06 Å². The summed E-state index contributed by atoms with van der Waals surface area (Å²) in [5.74, 6) is 0. The topological polar surface area (TPSA) is 82.1 Å². The molecule has 1 aliphatic heterocycles. The summed E-state index contributed by atoms with van der Waals surface area (Å²) in [5.41, 5.74) is -0.602. The smallest absolute Gasteiger partial charge is 0.427 e. The lowest BCUT2D eigenvalue weighted by Gasteiger charge is -2.30. The minimum atomic E-state index is -3.44. The van der Waals surface area contributed by atoms with Crippen LogP contribution in [0.2, 0.25) is 0 Å². The van der Waals surface area contributed by atoms with Crippen LogP contribution in [0, 0.1) is 0 Å². The molecule has 0 N–H and O–H groups in total. The van der Waals surface area contributed by atoms with Gasteiger partial charge in [0.25, 0.3) is 10.1 Å². The Morgan fingerprint density at radius 1 is 1.21 bits per heavy atom. The molecular weight excluding hydrogens is 274 g/mol. The molecule has 1 aliphatic rings. The van der Waals surface area contributed by atoms with Crippen molar-refractivity contribution in [2.75, 3.05) is 19.3 Å². The van der Waals surface area contributed by atoms with Gasteiger partial charge in [0.05, 0.1) is 12.4 Å². The highest BCUT2D eigenvalue weighted by Crippen LogP contribution is 2.17. The van der Waals surface area contributed by atoms with Gasteiger partial charge in [-0.25, -0.2) is 4.79 Å². The first-order valence-corrected chi connectivity index (χ1v) is 7.91. The van der Waals surface area contributed by atoms with Gasteiger partial charge in [0, 0.05) is 13.1 Å². The molecule has 0 spiro atoms. The molecule has 0 radical (unpaired) electrons. The second kappa shape index (κ2) is 6.06. The molecule has 7 nitrogen and oxygen atoms in total. The minimum Gasteiger partial charge on any atom is -0.427 e. The molecule has 0 aromatic heterocycles. The molecule has 0 aliphatic carbocycles. The van der Waals surface area contributed by atoms with E-state index >= 15 is 0 Å². The van der Waals surface area contributed by atoms with Crippen LogP contribution in [0.1, 0.15) is 33.6 Å². The normalized spacial score (nSPS) is 19.2. The summed E-state index contributed by atoms with van der Waals surface area (Å²) in [7, 11) is -3.44. The van der Waals surface area contributed by atoms with Crippen LogP contribution in [0.25, 0.3) is 0 Å². The number of hydrogen-bond acceptors (Lipinski definition) is 7. The molecule has 0 unspecified atom stereocenters. The number of ether oxygens (including phenoxy) is 1. The molecule has 1 rings (SSSR count). The van der Waals surface area contributed by atoms with Gasteiger partial charge in [0.2, 0.25) is 0 Å². The number of carbonyl (C=O) groups is 1. The highest BCUT2D eigenvalue weighted by atomic mass is 32.2. The Kier molecular flexibility index (Phi) is 5.17. The van der Waals surface area contributed by atoms with Gasteiger partial charge < -0.3 is 9.57 Å². The van der Waals surface area contributed by atoms with Crippen molar-refractivity contribution in [1.29, 1.82) is 0 Å². The Bertz CT molecular complexity index is 405. The van der Waals surface area contributed by atoms with Gasteiger partial charge in [-0.05, 0) is 33.6 Å². The zero-order valence-corrected chi connectivity index (χ0v) is 12.5. The van der Waals surface area contributed by atoms with Gasteiger partial charge in [0.1, 0.15) is 5.60 Å². The van der Waals surface area contributed by atoms with E-state index in [9.17, 15) is 13.2 Å². The Labute approximate surface area is 113 Å². The van der Waals surface area contributed by atoms with Crippen molar-refractivity contribution in [2.24, 2.45) is 0 Å². The number of hydrogen-bond donors (Lipinski definition) is 0. The van der Waals surface area contributed by atoms with E-state index in [1.165, 1.54) is 5.06 Å². The minimum absolute atomic E-state index is 0.353. The molecule has 112 valence electrons. The average molecular weight is 295 g/mol. The Morgan fingerprint density at radius 3 is 2.16 bits per heavy atom. The first kappa shape index (κ1) is 16.2. The fraction of sp³-hybridized carbons (Fsp3) is 0.909. The molecule has 0 bridgehead atoms. The number of piperidine rings is 1. The Morgan fingerprint density at radius 2 is 1.74 bits per heavy atom. The molecule has 1 fully saturated rings. The third-order valence-corrected chi connectivity index (χ3v) is 2.93. The molecule has 0 saturated carbocycles. The highest BCUT2D eigenvalue weighted by Gasteiger charge is 2.26. The van der Waals surface area contributed by atoms with Crippen LogP contribution in [0.5, 0.6) is 0 Å². The predicted octanol–water partition coefficient (Wildman–Crippen LogP) is 1.29. The van der Waals surface area contributed by atoms with E-state index in [0.29, 0.717) is 25.9 Å². The summed E-state index contributed by atoms with van der Waals surface area (Å²) < 4.78 is 31.9. The van der Waals surface area contributed by atoms with Crippen LogP contribution in [-0.4, -0.2) is 50.7 Å². The van der Waals surface area contributed by atoms with Crippen LogP contribution in [0.4, 0.5) is 4.79 Å². The molecule has 1 saturated heterocycles. The first-order chi connectivity index (χ1) is 8.55. The number of hydroxylamine groups is 2. The van der Waals surface area contributed by atoms with E-state index < -0.39 is 21.9 Å². The van der Waals surface area contributed by atoms with E-state index in [1.807, 2.05) is 0 Å². The molecule has 19 heavy (non-hydrogen) atoms. The Hall–Kier alpha value is -0.860. The van der Waals surface area contributed by atoms with Crippen LogP contribution in [-0.2, 0) is 23.9 Å². The summed E-state index contributed by atoms with van der Waals surface area (Å²) in [5, 5.41) is 1.45. The van der Waals surface area contributed by atoms with E-state index in [1.54, 1.807) is 20.8 Å². The molecule has 1 heterocycles. The quantitative estimate of drug-likeness (QED) is 0.573. The first-order valence-electron chi connectivity index (χ1n) is 6.09. The van der Waals surface area contributed by atoms with Crippen molar-refractivity contribution < 1.29 is 27.0 Å². The molecular formula is C11H21NO6S. The third kappa shape index (κ3) is 7.34. The van der Waals surface area contributed by atoms with Crippen molar-refractivity contribution in [2.45, 2.75) is 45.3 Å². The fourth-order valence-electron chi connectivity index (χ4n) is 1.64. The number of rotatable bonds is 3. The number of carbonyl (C=O) groups excluding carboxylic acids is 1. The zero-order chi connectivity index (χ0) is 14.7. The summed E-state index contributed by atoms with van der Waals surface area (Å²) in [6.07, 6.45) is 0.880. The van der Waals surface area contributed by atoms with Crippen molar-refractivity contribution in [3.8, 4) is 0 Å². The summed E-state index contributed by atoms with van der Waals surface area (Å²) in [6.45, 7) is 6.08. The molecule has 8 heteroatoms. The monoisotopic (exact) mass is 295 g/mol. The SMILES string of the molecule is CC(C)(C)OC(=O)ON1CCC(OS(C)(=O)=O)CC1. The summed E-state index contributed by atoms with van der Waals surface area (Å²) in [6, 6.07) is 0. The zero-order valence-electron chi connectivity index (χ0n) is 11.7. The van der Waals surface area contributed by atoms with Gasteiger partial charge in [-0.2, -0.15) is 8.42 Å². The number of nitrogens with zero attached hydrogens (tertiary/aromatic N) is 1. The molecule has 0 aromatic rings. The van der Waals surface area contributed by atoms with Crippen molar-refractivity contribution >= 4 is 16.3 Å². The lowest BCUT2D eigenvalue weighted by molar-refractivity contribution is -0.158. The highest BCUT2D eigenvalue weighted by molar-refractivity contribution is 7.86. The standard InChI is InChI=1S/C11H21NO6S/c1-11(2,3)16-10(13)17-12-7-5-9(6-8-12)18-19(4,14)15/h9H,5-8H2,1-4H3. The fourth-order valence-corrected chi connectivity index (χ4v) is 2.33. The lowest BCUT2D eigenvalue weighted by Crippen LogP contribution is -2.40. The maximum Gasteiger partial charge on any atom is 0.528 e. The second-order valence-electron chi connectivity index (χ2n) is 5.48. The molecule has 0 aromatic carbocycles. The summed E-state index contributed by atoms with van der Waals surface area (Å²) in [4.78, 5) is 16.4. The van der Waals surface area contributed by atoms with Gasteiger partial charge in [0.15, 0.2) is 0 Å². The van der Waals surface area contributed by atoms with Crippen LogP contribution in [0.3, 0.4) is 0 Å². The van der Waals surface area contributed by atoms with Crippen molar-refractivity contribution in [1.82, 2.24) is 5.06 Å². The summed E-state index contributed by atoms with van der Waals surface area (Å²) >= 11 is 0. The van der Waals surface area contributed by atoms with E-state index in [-0.39, 0.29) is 6.10 Å². The molecule has 0 atom stereocenters. The second-order valence-corrected chi connectivity index (χ2v) is 7.09. The van der Waals surface area contributed by atoms with Crippen LogP contribution < -0.4 is 0 Å². The molecule has 0 amide bonds. The lowest BCUT2D eigenvalue weighted by atomic mass is 10.1. The Balaban J connectivity index is 2.33. The van der Waals surface area contributed by atoms with E-state index in [2.05, 4.69) is 0 Å². The van der Waals surface area contributed by atoms with Crippen molar-refractivity contribution in [3.63, 3.8) is 0 Å². The van der Waals surface area contributed by atoms with Crippen LogP contribution >= 0.6 is 0 Å². The van der Waals surface area contributed by atoms with Gasteiger partial charge in [-0.1, -0.05) is 0 Å². The van der Waals surface area contributed by atoms with Gasteiger partial charge >= 0.3 is 6.16 Å². The van der Waals surface area contributed by atoms with E-state index in [4.69, 9.17) is 13.8 Å². The average Bonchev–Trinajstić information content (AvgIpc) is 2.15.